The van der Waals surface area contributed by atoms with E-state index in [-0.39, 0.29) is 18.1 Å². The zero-order chi connectivity index (χ0) is 16.6. The van der Waals surface area contributed by atoms with Crippen molar-refractivity contribution in [2.24, 2.45) is 0 Å². The molecule has 3 rings (SSSR count). The number of hydrogen-bond donors (Lipinski definition) is 0. The molecule has 0 aliphatic carbocycles. The van der Waals surface area contributed by atoms with Gasteiger partial charge in [0.1, 0.15) is 9.88 Å². The second-order valence-electron chi connectivity index (χ2n) is 5.88. The van der Waals surface area contributed by atoms with Crippen LogP contribution in [0.4, 0.5) is 0 Å². The highest BCUT2D eigenvalue weighted by Gasteiger charge is 2.29. The molecule has 0 saturated carbocycles. The van der Waals surface area contributed by atoms with Gasteiger partial charge in [0.15, 0.2) is 0 Å². The Morgan fingerprint density at radius 1 is 1.30 bits per heavy atom. The van der Waals surface area contributed by atoms with Crippen molar-refractivity contribution in [3.63, 3.8) is 0 Å². The SMILES string of the molecule is Cc1nc(-c2ccccc2Cl)sc1C(=O)N1CC(C)OC(C)C1. The van der Waals surface area contributed by atoms with E-state index < -0.39 is 0 Å². The van der Waals surface area contributed by atoms with Gasteiger partial charge in [0.25, 0.3) is 5.91 Å². The molecule has 23 heavy (non-hydrogen) atoms. The smallest absolute Gasteiger partial charge is 0.266 e. The Balaban J connectivity index is 1.89. The number of carbonyl (C=O) groups is 1. The van der Waals surface area contributed by atoms with E-state index in [2.05, 4.69) is 4.98 Å². The summed E-state index contributed by atoms with van der Waals surface area (Å²) in [5, 5.41) is 1.43. The second kappa shape index (κ2) is 6.59. The lowest BCUT2D eigenvalue weighted by Gasteiger charge is -2.35. The molecule has 0 spiro atoms. The van der Waals surface area contributed by atoms with Crippen LogP contribution in [0.15, 0.2) is 24.3 Å². The minimum Gasteiger partial charge on any atom is -0.372 e. The molecule has 1 saturated heterocycles. The van der Waals surface area contributed by atoms with Gasteiger partial charge in [-0.2, -0.15) is 0 Å². The number of benzene rings is 1. The molecule has 4 nitrogen and oxygen atoms in total. The number of aromatic nitrogens is 1. The number of halogens is 1. The van der Waals surface area contributed by atoms with Gasteiger partial charge in [-0.15, -0.1) is 11.3 Å². The third-order valence-corrected chi connectivity index (χ3v) is 5.31. The van der Waals surface area contributed by atoms with Crippen molar-refractivity contribution in [3.05, 3.63) is 39.9 Å². The summed E-state index contributed by atoms with van der Waals surface area (Å²) >= 11 is 7.65. The zero-order valence-corrected chi connectivity index (χ0v) is 14.9. The maximum absolute atomic E-state index is 12.8. The molecule has 1 aliphatic rings. The first-order valence-corrected chi connectivity index (χ1v) is 8.82. The molecule has 6 heteroatoms. The highest BCUT2D eigenvalue weighted by Crippen LogP contribution is 2.33. The van der Waals surface area contributed by atoms with Gasteiger partial charge in [0.2, 0.25) is 0 Å². The molecule has 2 atom stereocenters. The summed E-state index contributed by atoms with van der Waals surface area (Å²) in [5.74, 6) is 0.0281. The Bertz CT molecular complexity index is 721. The van der Waals surface area contributed by atoms with Crippen LogP contribution in [0.3, 0.4) is 0 Å². The van der Waals surface area contributed by atoms with E-state index in [0.717, 1.165) is 16.3 Å². The Labute approximate surface area is 145 Å². The van der Waals surface area contributed by atoms with E-state index >= 15 is 0 Å². The quantitative estimate of drug-likeness (QED) is 0.821. The topological polar surface area (TPSA) is 42.4 Å². The summed E-state index contributed by atoms with van der Waals surface area (Å²) in [4.78, 5) is 19.9. The van der Waals surface area contributed by atoms with Crippen LogP contribution >= 0.6 is 22.9 Å². The molecular weight excluding hydrogens is 332 g/mol. The molecule has 2 heterocycles. The van der Waals surface area contributed by atoms with Gasteiger partial charge in [-0.05, 0) is 26.8 Å². The first kappa shape index (κ1) is 16.4. The van der Waals surface area contributed by atoms with Crippen LogP contribution in [-0.4, -0.2) is 41.1 Å². The third-order valence-electron chi connectivity index (χ3n) is 3.80. The predicted octanol–water partition coefficient (Wildman–Crippen LogP) is 4.02. The van der Waals surface area contributed by atoms with Gasteiger partial charge in [-0.1, -0.05) is 29.8 Å². The predicted molar refractivity (Wildman–Crippen MR) is 93.2 cm³/mol. The van der Waals surface area contributed by atoms with E-state index in [1.54, 1.807) is 0 Å². The number of amides is 1. The Kier molecular flexibility index (Phi) is 4.71. The molecule has 122 valence electrons. The van der Waals surface area contributed by atoms with Crippen molar-refractivity contribution in [2.75, 3.05) is 13.1 Å². The van der Waals surface area contributed by atoms with Crippen molar-refractivity contribution < 1.29 is 9.53 Å². The number of morpholine rings is 1. The van der Waals surface area contributed by atoms with Crippen LogP contribution in [0.25, 0.3) is 10.6 Å². The molecule has 1 amide bonds. The lowest BCUT2D eigenvalue weighted by Crippen LogP contribution is -2.48. The van der Waals surface area contributed by atoms with Crippen molar-refractivity contribution in [2.45, 2.75) is 33.0 Å². The highest BCUT2D eigenvalue weighted by molar-refractivity contribution is 7.17. The van der Waals surface area contributed by atoms with E-state index in [4.69, 9.17) is 16.3 Å². The molecule has 0 N–H and O–H groups in total. The summed E-state index contributed by atoms with van der Waals surface area (Å²) in [6.07, 6.45) is 0.109. The van der Waals surface area contributed by atoms with Crippen LogP contribution in [0, 0.1) is 6.92 Å². The van der Waals surface area contributed by atoms with E-state index in [1.807, 2.05) is 49.9 Å². The zero-order valence-electron chi connectivity index (χ0n) is 13.4. The van der Waals surface area contributed by atoms with Crippen molar-refractivity contribution in [1.29, 1.82) is 0 Å². The number of nitrogens with zero attached hydrogens (tertiary/aromatic N) is 2. The molecule has 1 aromatic heterocycles. The molecule has 0 radical (unpaired) electrons. The molecule has 2 aromatic rings. The van der Waals surface area contributed by atoms with E-state index in [0.29, 0.717) is 23.0 Å². The summed E-state index contributed by atoms with van der Waals surface area (Å²) in [7, 11) is 0. The van der Waals surface area contributed by atoms with Crippen LogP contribution in [0.5, 0.6) is 0 Å². The van der Waals surface area contributed by atoms with Crippen LogP contribution in [-0.2, 0) is 4.74 Å². The fraction of sp³-hybridized carbons (Fsp3) is 0.412. The Morgan fingerprint density at radius 3 is 2.61 bits per heavy atom. The van der Waals surface area contributed by atoms with Gasteiger partial charge in [-0.3, -0.25) is 4.79 Å². The van der Waals surface area contributed by atoms with Crippen molar-refractivity contribution in [1.82, 2.24) is 9.88 Å². The summed E-state index contributed by atoms with van der Waals surface area (Å²) in [6, 6.07) is 7.56. The second-order valence-corrected chi connectivity index (χ2v) is 7.29. The number of hydrogen-bond acceptors (Lipinski definition) is 4. The van der Waals surface area contributed by atoms with Crippen LogP contribution in [0.1, 0.15) is 29.2 Å². The maximum Gasteiger partial charge on any atom is 0.266 e. The summed E-state index contributed by atoms with van der Waals surface area (Å²) in [6.45, 7) is 7.08. The lowest BCUT2D eigenvalue weighted by molar-refractivity contribution is -0.0585. The molecule has 1 aliphatic heterocycles. The van der Waals surface area contributed by atoms with Crippen LogP contribution in [0.2, 0.25) is 5.02 Å². The molecule has 1 fully saturated rings. The van der Waals surface area contributed by atoms with Crippen LogP contribution < -0.4 is 0 Å². The normalized spacial score (nSPS) is 21.5. The highest BCUT2D eigenvalue weighted by atomic mass is 35.5. The molecule has 1 aromatic carbocycles. The molecular formula is C17H19ClN2O2S. The van der Waals surface area contributed by atoms with Crippen molar-refractivity contribution >= 4 is 28.8 Å². The number of carbonyl (C=O) groups excluding carboxylic acids is 1. The van der Waals surface area contributed by atoms with E-state index in [1.165, 1.54) is 11.3 Å². The Morgan fingerprint density at radius 2 is 1.96 bits per heavy atom. The summed E-state index contributed by atoms with van der Waals surface area (Å²) < 4.78 is 5.70. The molecule has 0 bridgehead atoms. The number of thiazole rings is 1. The fourth-order valence-electron chi connectivity index (χ4n) is 2.83. The van der Waals surface area contributed by atoms with E-state index in [9.17, 15) is 4.79 Å². The standard InChI is InChI=1S/C17H19ClN2O2S/c1-10-8-20(9-11(2)22-10)17(21)15-12(3)19-16(23-15)13-6-4-5-7-14(13)18/h4-7,10-11H,8-9H2,1-3H3. The van der Waals surface area contributed by atoms with Gasteiger partial charge in [0.05, 0.1) is 22.9 Å². The largest absolute Gasteiger partial charge is 0.372 e. The lowest BCUT2D eigenvalue weighted by atomic mass is 10.2. The van der Waals surface area contributed by atoms with Gasteiger partial charge in [-0.25, -0.2) is 4.98 Å². The first-order valence-electron chi connectivity index (χ1n) is 7.62. The average molecular weight is 351 g/mol. The average Bonchev–Trinajstić information content (AvgIpc) is 2.87. The van der Waals surface area contributed by atoms with Gasteiger partial charge in [0, 0.05) is 18.7 Å². The Hall–Kier alpha value is -1.43. The third kappa shape index (κ3) is 3.42. The maximum atomic E-state index is 12.8. The number of rotatable bonds is 2. The minimum absolute atomic E-state index is 0.0281. The van der Waals surface area contributed by atoms with Gasteiger partial charge >= 0.3 is 0 Å². The minimum atomic E-state index is 0.0281. The molecule has 2 unspecified atom stereocenters. The number of aryl methyl sites for hydroxylation is 1. The van der Waals surface area contributed by atoms with Crippen molar-refractivity contribution in [3.8, 4) is 10.6 Å². The fourth-order valence-corrected chi connectivity index (χ4v) is 4.19. The summed E-state index contributed by atoms with van der Waals surface area (Å²) in [5.41, 5.74) is 1.62. The van der Waals surface area contributed by atoms with Gasteiger partial charge < -0.3 is 9.64 Å². The monoisotopic (exact) mass is 350 g/mol. The first-order chi connectivity index (χ1) is 11.0. The number of ether oxygens (including phenoxy) is 1.